The van der Waals surface area contributed by atoms with Crippen LogP contribution >= 0.6 is 12.2 Å². The van der Waals surface area contributed by atoms with Crippen LogP contribution in [0.1, 0.15) is 24.5 Å². The maximum Gasteiger partial charge on any atom is 0.416 e. The zero-order valence-electron chi connectivity index (χ0n) is 11.8. The SMILES string of the molecule is CC[C@H](CO)NC(=S)Nc1cc(C(F)(F)F)cc(C(F)(F)F)c1. The van der Waals surface area contributed by atoms with E-state index in [1.54, 1.807) is 6.92 Å². The number of aliphatic hydroxyl groups excluding tert-OH is 1. The van der Waals surface area contributed by atoms with Gasteiger partial charge in [0.1, 0.15) is 0 Å². The number of thiocarbonyl (C=S) groups is 1. The molecule has 0 bridgehead atoms. The summed E-state index contributed by atoms with van der Waals surface area (Å²) < 4.78 is 76.3. The van der Waals surface area contributed by atoms with Gasteiger partial charge in [0.2, 0.25) is 0 Å². The van der Waals surface area contributed by atoms with Crippen LogP contribution < -0.4 is 10.6 Å². The minimum absolute atomic E-state index is 0.0320. The van der Waals surface area contributed by atoms with E-state index in [1.165, 1.54) is 0 Å². The number of halogens is 6. The molecule has 1 rings (SSSR count). The molecule has 1 aromatic carbocycles. The molecule has 0 saturated heterocycles. The molecular formula is C13H14F6N2OS. The molecule has 3 nitrogen and oxygen atoms in total. The zero-order valence-corrected chi connectivity index (χ0v) is 12.7. The molecule has 23 heavy (non-hydrogen) atoms. The molecule has 0 aromatic heterocycles. The molecule has 0 unspecified atom stereocenters. The van der Waals surface area contributed by atoms with Gasteiger partial charge in [-0.3, -0.25) is 0 Å². The van der Waals surface area contributed by atoms with E-state index in [0.717, 1.165) is 0 Å². The fourth-order valence-electron chi connectivity index (χ4n) is 1.66. The molecule has 0 spiro atoms. The molecule has 0 amide bonds. The van der Waals surface area contributed by atoms with Crippen molar-refractivity contribution in [3.63, 3.8) is 0 Å². The lowest BCUT2D eigenvalue weighted by Crippen LogP contribution is -2.39. The predicted molar refractivity (Wildman–Crippen MR) is 77.0 cm³/mol. The van der Waals surface area contributed by atoms with Crippen molar-refractivity contribution in [2.45, 2.75) is 31.7 Å². The first kappa shape index (κ1) is 19.5. The normalized spacial score (nSPS) is 13.6. The lowest BCUT2D eigenvalue weighted by molar-refractivity contribution is -0.143. The van der Waals surface area contributed by atoms with E-state index < -0.39 is 35.2 Å². The number of anilines is 1. The van der Waals surface area contributed by atoms with Gasteiger partial charge in [-0.2, -0.15) is 26.3 Å². The van der Waals surface area contributed by atoms with Crippen LogP contribution in [0.25, 0.3) is 0 Å². The number of benzene rings is 1. The molecule has 0 saturated carbocycles. The molecule has 0 aliphatic heterocycles. The van der Waals surface area contributed by atoms with Crippen molar-refractivity contribution in [2.24, 2.45) is 0 Å². The third-order valence-corrected chi connectivity index (χ3v) is 3.11. The van der Waals surface area contributed by atoms with Gasteiger partial charge in [0.05, 0.1) is 23.8 Å². The summed E-state index contributed by atoms with van der Waals surface area (Å²) in [6.07, 6.45) is -9.39. The largest absolute Gasteiger partial charge is 0.416 e. The Morgan fingerprint density at radius 1 is 1.09 bits per heavy atom. The Balaban J connectivity index is 3.08. The number of aliphatic hydroxyl groups is 1. The van der Waals surface area contributed by atoms with E-state index in [2.05, 4.69) is 10.6 Å². The molecule has 3 N–H and O–H groups in total. The van der Waals surface area contributed by atoms with Crippen molar-refractivity contribution in [2.75, 3.05) is 11.9 Å². The first-order valence-electron chi connectivity index (χ1n) is 6.45. The van der Waals surface area contributed by atoms with Crippen molar-refractivity contribution < 1.29 is 31.4 Å². The van der Waals surface area contributed by atoms with E-state index in [9.17, 15) is 26.3 Å². The minimum atomic E-state index is -4.93. The second-order valence-electron chi connectivity index (χ2n) is 4.68. The lowest BCUT2D eigenvalue weighted by atomic mass is 10.1. The summed E-state index contributed by atoms with van der Waals surface area (Å²) in [5.74, 6) is 0. The Kier molecular flexibility index (Phi) is 6.23. The highest BCUT2D eigenvalue weighted by Crippen LogP contribution is 2.37. The van der Waals surface area contributed by atoms with Gasteiger partial charge in [0, 0.05) is 5.69 Å². The fraction of sp³-hybridized carbons (Fsp3) is 0.462. The number of hydrogen-bond acceptors (Lipinski definition) is 2. The number of rotatable bonds is 4. The Labute approximate surface area is 133 Å². The van der Waals surface area contributed by atoms with E-state index in [1.807, 2.05) is 0 Å². The summed E-state index contributed by atoms with van der Waals surface area (Å²) >= 11 is 4.82. The van der Waals surface area contributed by atoms with Crippen molar-refractivity contribution in [3.05, 3.63) is 29.3 Å². The van der Waals surface area contributed by atoms with Crippen molar-refractivity contribution in [1.29, 1.82) is 0 Å². The molecule has 0 aliphatic carbocycles. The summed E-state index contributed by atoms with van der Waals surface area (Å²) in [5, 5.41) is 13.7. The number of hydrogen-bond donors (Lipinski definition) is 3. The predicted octanol–water partition coefficient (Wildman–Crippen LogP) is 3.78. The monoisotopic (exact) mass is 360 g/mol. The van der Waals surface area contributed by atoms with Gasteiger partial charge in [0.25, 0.3) is 0 Å². The van der Waals surface area contributed by atoms with E-state index in [4.69, 9.17) is 17.3 Å². The van der Waals surface area contributed by atoms with Crippen LogP contribution in [-0.2, 0) is 12.4 Å². The lowest BCUT2D eigenvalue weighted by Gasteiger charge is -2.19. The van der Waals surface area contributed by atoms with Gasteiger partial charge in [0.15, 0.2) is 5.11 Å². The standard InChI is InChI=1S/C13H14F6N2OS/c1-2-9(6-22)20-11(23)21-10-4-7(12(14,15)16)3-8(5-10)13(17,18)19/h3-5,9,22H,2,6H2,1H3,(H2,20,21,23)/t9-/m1/s1. The number of nitrogens with one attached hydrogen (secondary N) is 2. The Morgan fingerprint density at radius 3 is 1.91 bits per heavy atom. The zero-order chi connectivity index (χ0) is 17.8. The van der Waals surface area contributed by atoms with Crippen molar-refractivity contribution in [1.82, 2.24) is 5.32 Å². The molecule has 1 atom stereocenters. The number of alkyl halides is 6. The van der Waals surface area contributed by atoms with Crippen LogP contribution in [0, 0.1) is 0 Å². The van der Waals surface area contributed by atoms with Crippen LogP contribution in [0.4, 0.5) is 32.0 Å². The quantitative estimate of drug-likeness (QED) is 0.565. The summed E-state index contributed by atoms with van der Waals surface area (Å²) in [4.78, 5) is 0. The highest BCUT2D eigenvalue weighted by Gasteiger charge is 2.37. The first-order valence-corrected chi connectivity index (χ1v) is 6.86. The summed E-state index contributed by atoms with van der Waals surface area (Å²) in [5.41, 5.74) is -3.32. The fourth-order valence-corrected chi connectivity index (χ4v) is 1.94. The van der Waals surface area contributed by atoms with Gasteiger partial charge in [-0.05, 0) is 36.8 Å². The molecule has 10 heteroatoms. The minimum Gasteiger partial charge on any atom is -0.394 e. The highest BCUT2D eigenvalue weighted by atomic mass is 32.1. The smallest absolute Gasteiger partial charge is 0.394 e. The van der Waals surface area contributed by atoms with Gasteiger partial charge in [-0.1, -0.05) is 6.92 Å². The molecule has 130 valence electrons. The molecule has 1 aromatic rings. The summed E-state index contributed by atoms with van der Waals surface area (Å²) in [7, 11) is 0. The van der Waals surface area contributed by atoms with Crippen LogP contribution in [0.2, 0.25) is 0 Å². The maximum absolute atomic E-state index is 12.7. The molecular weight excluding hydrogens is 346 g/mol. The van der Waals surface area contributed by atoms with Gasteiger partial charge < -0.3 is 15.7 Å². The first-order chi connectivity index (χ1) is 10.5. The summed E-state index contributed by atoms with van der Waals surface area (Å²) in [6.45, 7) is 1.44. The Hall–Kier alpha value is -1.55. The van der Waals surface area contributed by atoms with Crippen LogP contribution in [0.3, 0.4) is 0 Å². The second kappa shape index (κ2) is 7.35. The van der Waals surface area contributed by atoms with Crippen LogP contribution in [0.15, 0.2) is 18.2 Å². The van der Waals surface area contributed by atoms with Crippen LogP contribution in [-0.4, -0.2) is 22.9 Å². The van der Waals surface area contributed by atoms with Gasteiger partial charge in [-0.25, -0.2) is 0 Å². The van der Waals surface area contributed by atoms with Gasteiger partial charge in [-0.15, -0.1) is 0 Å². The third-order valence-electron chi connectivity index (χ3n) is 2.89. The molecule has 0 aliphatic rings. The van der Waals surface area contributed by atoms with Crippen LogP contribution in [0.5, 0.6) is 0 Å². The highest BCUT2D eigenvalue weighted by molar-refractivity contribution is 7.80. The second-order valence-corrected chi connectivity index (χ2v) is 5.09. The van der Waals surface area contributed by atoms with E-state index >= 15 is 0 Å². The summed E-state index contributed by atoms with van der Waals surface area (Å²) in [6, 6.07) is 0.638. The molecule has 0 fully saturated rings. The Bertz CT molecular complexity index is 522. The van der Waals surface area contributed by atoms with Gasteiger partial charge >= 0.3 is 12.4 Å². The maximum atomic E-state index is 12.7. The third kappa shape index (κ3) is 5.87. The van der Waals surface area contributed by atoms with E-state index in [-0.39, 0.29) is 17.8 Å². The molecule has 0 heterocycles. The average Bonchev–Trinajstić information content (AvgIpc) is 2.42. The Morgan fingerprint density at radius 2 is 1.57 bits per heavy atom. The van der Waals surface area contributed by atoms with Crippen molar-refractivity contribution >= 4 is 23.0 Å². The average molecular weight is 360 g/mol. The van der Waals surface area contributed by atoms with E-state index in [0.29, 0.717) is 18.6 Å². The topological polar surface area (TPSA) is 44.3 Å². The molecule has 0 radical (unpaired) electrons. The van der Waals surface area contributed by atoms with Crippen molar-refractivity contribution in [3.8, 4) is 0 Å².